The van der Waals surface area contributed by atoms with E-state index in [-0.39, 0.29) is 11.4 Å². The standard InChI is InChI=1S/C15H13F3N4O/c16-15(17,18)10-3-1-2-4-11(10)22-14(23)12-7-13(20-8-19-12)21-9-5-6-9/h1-4,7-9H,5-6H2,(H,22,23)(H,19,20,21). The normalized spacial score (nSPS) is 14.4. The Morgan fingerprint density at radius 3 is 2.61 bits per heavy atom. The number of carbonyl (C=O) groups is 1. The number of nitrogens with one attached hydrogen (secondary N) is 2. The van der Waals surface area contributed by atoms with Crippen LogP contribution in [0, 0.1) is 0 Å². The van der Waals surface area contributed by atoms with Crippen molar-refractivity contribution in [3.8, 4) is 0 Å². The number of amides is 1. The highest BCUT2D eigenvalue weighted by molar-refractivity contribution is 6.03. The minimum absolute atomic E-state index is 0.000118. The van der Waals surface area contributed by atoms with Gasteiger partial charge in [0.05, 0.1) is 11.3 Å². The zero-order valence-electron chi connectivity index (χ0n) is 11.9. The third-order valence-electron chi connectivity index (χ3n) is 3.31. The Kier molecular flexibility index (Phi) is 3.89. The maximum absolute atomic E-state index is 12.9. The van der Waals surface area contributed by atoms with Crippen molar-refractivity contribution in [3.63, 3.8) is 0 Å². The van der Waals surface area contributed by atoms with Crippen molar-refractivity contribution in [2.75, 3.05) is 10.6 Å². The van der Waals surface area contributed by atoms with Gasteiger partial charge in [-0.05, 0) is 25.0 Å². The largest absolute Gasteiger partial charge is 0.418 e. The summed E-state index contributed by atoms with van der Waals surface area (Å²) >= 11 is 0. The molecule has 1 aromatic carbocycles. The first-order chi connectivity index (χ1) is 10.9. The van der Waals surface area contributed by atoms with Gasteiger partial charge in [-0.3, -0.25) is 4.79 Å². The molecule has 120 valence electrons. The second kappa shape index (κ2) is 5.86. The second-order valence-electron chi connectivity index (χ2n) is 5.20. The van der Waals surface area contributed by atoms with Crippen LogP contribution in [0.3, 0.4) is 0 Å². The topological polar surface area (TPSA) is 66.9 Å². The number of nitrogens with zero attached hydrogens (tertiary/aromatic N) is 2. The predicted molar refractivity (Wildman–Crippen MR) is 78.1 cm³/mol. The Morgan fingerprint density at radius 1 is 1.17 bits per heavy atom. The van der Waals surface area contributed by atoms with E-state index in [0.29, 0.717) is 11.9 Å². The van der Waals surface area contributed by atoms with Crippen molar-refractivity contribution in [3.05, 3.63) is 47.9 Å². The maximum Gasteiger partial charge on any atom is 0.418 e. The Hall–Kier alpha value is -2.64. The first kappa shape index (κ1) is 15.3. The minimum Gasteiger partial charge on any atom is -0.367 e. The molecule has 8 heteroatoms. The predicted octanol–water partition coefficient (Wildman–Crippen LogP) is 3.32. The van der Waals surface area contributed by atoms with Crippen LogP contribution in [0.25, 0.3) is 0 Å². The van der Waals surface area contributed by atoms with Crippen LogP contribution in [0.1, 0.15) is 28.9 Å². The molecule has 0 spiro atoms. The van der Waals surface area contributed by atoms with Crippen LogP contribution >= 0.6 is 0 Å². The van der Waals surface area contributed by atoms with Gasteiger partial charge in [0.25, 0.3) is 5.91 Å². The van der Waals surface area contributed by atoms with Crippen molar-refractivity contribution >= 4 is 17.4 Å². The van der Waals surface area contributed by atoms with Crippen LogP contribution < -0.4 is 10.6 Å². The molecule has 2 aromatic rings. The average Bonchev–Trinajstić information content (AvgIpc) is 3.31. The maximum atomic E-state index is 12.9. The van der Waals surface area contributed by atoms with E-state index < -0.39 is 17.6 Å². The quantitative estimate of drug-likeness (QED) is 0.906. The van der Waals surface area contributed by atoms with Crippen LogP contribution in [0.15, 0.2) is 36.7 Å². The average molecular weight is 322 g/mol. The highest BCUT2D eigenvalue weighted by Gasteiger charge is 2.33. The van der Waals surface area contributed by atoms with E-state index in [1.54, 1.807) is 0 Å². The first-order valence-corrected chi connectivity index (χ1v) is 6.99. The molecule has 0 bridgehead atoms. The number of carbonyl (C=O) groups excluding carboxylic acids is 1. The molecule has 1 amide bonds. The summed E-state index contributed by atoms with van der Waals surface area (Å²) in [6.07, 6.45) is -1.28. The van der Waals surface area contributed by atoms with E-state index >= 15 is 0 Å². The van der Waals surface area contributed by atoms with Crippen molar-refractivity contribution < 1.29 is 18.0 Å². The number of benzene rings is 1. The third-order valence-corrected chi connectivity index (χ3v) is 3.31. The summed E-state index contributed by atoms with van der Waals surface area (Å²) in [5.74, 6) is -0.236. The lowest BCUT2D eigenvalue weighted by atomic mass is 10.1. The van der Waals surface area contributed by atoms with E-state index in [1.807, 2.05) is 0 Å². The van der Waals surface area contributed by atoms with Gasteiger partial charge in [0.15, 0.2) is 0 Å². The lowest BCUT2D eigenvalue weighted by Crippen LogP contribution is -2.18. The summed E-state index contributed by atoms with van der Waals surface area (Å²) in [5.41, 5.74) is -1.21. The van der Waals surface area contributed by atoms with Crippen LogP contribution in [0.2, 0.25) is 0 Å². The second-order valence-corrected chi connectivity index (χ2v) is 5.20. The first-order valence-electron chi connectivity index (χ1n) is 6.99. The van der Waals surface area contributed by atoms with Gasteiger partial charge >= 0.3 is 6.18 Å². The number of para-hydroxylation sites is 1. The Bertz CT molecular complexity index is 729. The Balaban J connectivity index is 1.79. The summed E-state index contributed by atoms with van der Waals surface area (Å²) in [6.45, 7) is 0. The van der Waals surface area contributed by atoms with Crippen LogP contribution in [0.4, 0.5) is 24.7 Å². The van der Waals surface area contributed by atoms with Gasteiger partial charge in [0.2, 0.25) is 0 Å². The molecule has 0 aliphatic heterocycles. The van der Waals surface area contributed by atoms with E-state index in [9.17, 15) is 18.0 Å². The van der Waals surface area contributed by atoms with Gasteiger partial charge in [0, 0.05) is 12.1 Å². The molecule has 1 aliphatic carbocycles. The van der Waals surface area contributed by atoms with Crippen LogP contribution in [0.5, 0.6) is 0 Å². The van der Waals surface area contributed by atoms with Crippen LogP contribution in [-0.4, -0.2) is 21.9 Å². The summed E-state index contributed by atoms with van der Waals surface area (Å²) in [4.78, 5) is 19.9. The molecule has 2 N–H and O–H groups in total. The highest BCUT2D eigenvalue weighted by atomic mass is 19.4. The molecule has 1 fully saturated rings. The number of halogens is 3. The number of rotatable bonds is 4. The van der Waals surface area contributed by atoms with Gasteiger partial charge in [-0.25, -0.2) is 9.97 Å². The number of anilines is 2. The van der Waals surface area contributed by atoms with Crippen molar-refractivity contribution in [2.24, 2.45) is 0 Å². The lowest BCUT2D eigenvalue weighted by molar-refractivity contribution is -0.136. The van der Waals surface area contributed by atoms with Crippen molar-refractivity contribution in [1.29, 1.82) is 0 Å². The summed E-state index contributed by atoms with van der Waals surface area (Å²) < 4.78 is 38.8. The van der Waals surface area contributed by atoms with E-state index in [0.717, 1.165) is 18.9 Å². The van der Waals surface area contributed by atoms with Gasteiger partial charge in [-0.2, -0.15) is 13.2 Å². The number of hydrogen-bond acceptors (Lipinski definition) is 4. The monoisotopic (exact) mass is 322 g/mol. The molecule has 0 atom stereocenters. The molecule has 1 heterocycles. The van der Waals surface area contributed by atoms with Crippen molar-refractivity contribution in [1.82, 2.24) is 9.97 Å². The minimum atomic E-state index is -4.55. The summed E-state index contributed by atoms with van der Waals surface area (Å²) in [5, 5.41) is 5.35. The van der Waals surface area contributed by atoms with Crippen LogP contribution in [-0.2, 0) is 6.18 Å². The van der Waals surface area contributed by atoms with Gasteiger partial charge < -0.3 is 10.6 Å². The van der Waals surface area contributed by atoms with Gasteiger partial charge in [0.1, 0.15) is 17.8 Å². The van der Waals surface area contributed by atoms with E-state index in [4.69, 9.17) is 0 Å². The number of aromatic nitrogens is 2. The van der Waals surface area contributed by atoms with E-state index in [1.165, 1.54) is 30.6 Å². The molecule has 1 aromatic heterocycles. The molecule has 3 rings (SSSR count). The zero-order chi connectivity index (χ0) is 16.4. The smallest absolute Gasteiger partial charge is 0.367 e. The highest BCUT2D eigenvalue weighted by Crippen LogP contribution is 2.34. The molecule has 23 heavy (non-hydrogen) atoms. The molecular weight excluding hydrogens is 309 g/mol. The molecule has 5 nitrogen and oxygen atoms in total. The molecule has 1 saturated carbocycles. The summed E-state index contributed by atoms with van der Waals surface area (Å²) in [7, 11) is 0. The van der Waals surface area contributed by atoms with Crippen molar-refractivity contribution in [2.45, 2.75) is 25.1 Å². The molecule has 0 saturated heterocycles. The van der Waals surface area contributed by atoms with E-state index in [2.05, 4.69) is 20.6 Å². The van der Waals surface area contributed by atoms with Gasteiger partial charge in [-0.1, -0.05) is 12.1 Å². The lowest BCUT2D eigenvalue weighted by Gasteiger charge is -2.13. The van der Waals surface area contributed by atoms with Gasteiger partial charge in [-0.15, -0.1) is 0 Å². The molecule has 1 aliphatic rings. The Labute approximate surface area is 130 Å². The fourth-order valence-electron chi connectivity index (χ4n) is 2.02. The fraction of sp³-hybridized carbons (Fsp3) is 0.267. The Morgan fingerprint density at radius 2 is 1.91 bits per heavy atom. The number of hydrogen-bond donors (Lipinski definition) is 2. The number of alkyl halides is 3. The third kappa shape index (κ3) is 3.77. The summed E-state index contributed by atoms with van der Waals surface area (Å²) in [6, 6.07) is 6.56. The molecule has 0 radical (unpaired) electrons. The SMILES string of the molecule is O=C(Nc1ccccc1C(F)(F)F)c1cc(NC2CC2)ncn1. The fourth-order valence-corrected chi connectivity index (χ4v) is 2.02. The zero-order valence-corrected chi connectivity index (χ0v) is 11.9. The molecule has 0 unspecified atom stereocenters. The molecular formula is C15H13F3N4O.